The summed E-state index contributed by atoms with van der Waals surface area (Å²) in [4.78, 5) is 19.9. The molecule has 0 saturated carbocycles. The fraction of sp³-hybridized carbons (Fsp3) is 0.333. The number of para-hydroxylation sites is 3. The smallest absolute Gasteiger partial charge is 0.227 e. The molecule has 0 spiro atoms. The number of unbranched alkanes of at least 4 members (excludes halogenated alkanes) is 1. The largest absolute Gasteiger partial charge is 0.494 e. The first-order valence-electron chi connectivity index (χ1n) is 12.7. The average molecular weight is 468 g/mol. The van der Waals surface area contributed by atoms with Gasteiger partial charge < -0.3 is 14.2 Å². The van der Waals surface area contributed by atoms with E-state index in [9.17, 15) is 4.79 Å². The van der Waals surface area contributed by atoms with Crippen molar-refractivity contribution >= 4 is 22.6 Å². The van der Waals surface area contributed by atoms with Gasteiger partial charge in [0.1, 0.15) is 11.6 Å². The third-order valence-electron chi connectivity index (χ3n) is 6.78. The summed E-state index contributed by atoms with van der Waals surface area (Å²) < 4.78 is 8.20. The Morgan fingerprint density at radius 3 is 2.51 bits per heavy atom. The zero-order valence-electron chi connectivity index (χ0n) is 20.4. The van der Waals surface area contributed by atoms with Crippen molar-refractivity contribution in [3.05, 3.63) is 90.3 Å². The van der Waals surface area contributed by atoms with Crippen LogP contribution in [-0.4, -0.2) is 28.6 Å². The molecule has 4 aromatic rings. The molecule has 0 aliphatic carbocycles. The molecule has 5 heteroatoms. The lowest BCUT2D eigenvalue weighted by Crippen LogP contribution is -2.24. The zero-order chi connectivity index (χ0) is 24.0. The van der Waals surface area contributed by atoms with Crippen LogP contribution in [0.5, 0.6) is 5.75 Å². The number of fused-ring (bicyclic) bond motifs is 1. The molecule has 2 heterocycles. The molecule has 1 amide bonds. The van der Waals surface area contributed by atoms with Gasteiger partial charge in [0.2, 0.25) is 5.91 Å². The highest BCUT2D eigenvalue weighted by atomic mass is 16.5. The standard InChI is InChI=1S/C30H33N3O2/c1-2-3-10-23-15-17-25(18-16-23)33-22-24(21-29(33)34)30-31-27-13-7-8-14-28(27)32(30)19-9-20-35-26-11-5-4-6-12-26/h4-8,11-18,24H,2-3,9-10,19-22H2,1H3. The molecule has 1 aliphatic heterocycles. The third kappa shape index (κ3) is 5.24. The molecule has 0 N–H and O–H groups in total. The van der Waals surface area contributed by atoms with E-state index in [1.165, 1.54) is 18.4 Å². The van der Waals surface area contributed by atoms with E-state index in [0.29, 0.717) is 19.6 Å². The Bertz CT molecular complexity index is 1260. The number of imidazole rings is 1. The fourth-order valence-corrected chi connectivity index (χ4v) is 4.92. The van der Waals surface area contributed by atoms with Crippen molar-refractivity contribution in [2.45, 2.75) is 51.5 Å². The number of aromatic nitrogens is 2. The highest BCUT2D eigenvalue weighted by Gasteiger charge is 2.34. The summed E-state index contributed by atoms with van der Waals surface area (Å²) in [5, 5.41) is 0. The Labute approximate surface area is 207 Å². The van der Waals surface area contributed by atoms with Crippen LogP contribution in [0.3, 0.4) is 0 Å². The molecule has 0 radical (unpaired) electrons. The predicted octanol–water partition coefficient (Wildman–Crippen LogP) is 6.37. The van der Waals surface area contributed by atoms with E-state index < -0.39 is 0 Å². The monoisotopic (exact) mass is 467 g/mol. The van der Waals surface area contributed by atoms with Crippen LogP contribution in [0.1, 0.15) is 49.9 Å². The Morgan fingerprint density at radius 2 is 1.71 bits per heavy atom. The molecule has 1 fully saturated rings. The molecule has 1 aromatic heterocycles. The molecule has 35 heavy (non-hydrogen) atoms. The van der Waals surface area contributed by atoms with Crippen molar-refractivity contribution in [2.75, 3.05) is 18.1 Å². The number of rotatable bonds is 10. The van der Waals surface area contributed by atoms with Crippen LogP contribution in [0.2, 0.25) is 0 Å². The third-order valence-corrected chi connectivity index (χ3v) is 6.78. The first-order valence-corrected chi connectivity index (χ1v) is 12.7. The topological polar surface area (TPSA) is 47.4 Å². The Hall–Kier alpha value is -3.60. The first kappa shape index (κ1) is 23.2. The molecule has 1 saturated heterocycles. The van der Waals surface area contributed by atoms with Gasteiger partial charge in [-0.2, -0.15) is 0 Å². The molecular weight excluding hydrogens is 434 g/mol. The minimum atomic E-state index is 0.0738. The van der Waals surface area contributed by atoms with E-state index in [1.807, 2.05) is 41.3 Å². The number of nitrogens with zero attached hydrogens (tertiary/aromatic N) is 3. The number of carbonyl (C=O) groups is 1. The normalized spacial score (nSPS) is 15.7. The molecular formula is C30H33N3O2. The van der Waals surface area contributed by atoms with Crippen LogP contribution in [-0.2, 0) is 17.8 Å². The lowest BCUT2D eigenvalue weighted by molar-refractivity contribution is -0.117. The second-order valence-corrected chi connectivity index (χ2v) is 9.30. The van der Waals surface area contributed by atoms with Crippen LogP contribution < -0.4 is 9.64 Å². The van der Waals surface area contributed by atoms with E-state index in [2.05, 4.69) is 54.0 Å². The summed E-state index contributed by atoms with van der Waals surface area (Å²) in [6.07, 6.45) is 4.82. The summed E-state index contributed by atoms with van der Waals surface area (Å²) in [6, 6.07) is 26.7. The molecule has 1 aliphatic rings. The SMILES string of the molecule is CCCCc1ccc(N2CC(c3nc4ccccc4n3CCCOc3ccccc3)CC2=O)cc1. The number of aryl methyl sites for hydroxylation is 2. The Kier molecular flexibility index (Phi) is 7.12. The predicted molar refractivity (Wildman–Crippen MR) is 141 cm³/mol. The quantitative estimate of drug-likeness (QED) is 0.255. The van der Waals surface area contributed by atoms with Crippen molar-refractivity contribution in [1.82, 2.24) is 9.55 Å². The minimum absolute atomic E-state index is 0.0738. The van der Waals surface area contributed by atoms with Gasteiger partial charge >= 0.3 is 0 Å². The lowest BCUT2D eigenvalue weighted by atomic mass is 10.1. The fourth-order valence-electron chi connectivity index (χ4n) is 4.92. The van der Waals surface area contributed by atoms with Crippen molar-refractivity contribution in [3.63, 3.8) is 0 Å². The summed E-state index contributed by atoms with van der Waals surface area (Å²) in [6.45, 7) is 4.31. The van der Waals surface area contributed by atoms with E-state index in [-0.39, 0.29) is 11.8 Å². The van der Waals surface area contributed by atoms with E-state index in [1.54, 1.807) is 0 Å². The highest BCUT2D eigenvalue weighted by molar-refractivity contribution is 5.96. The molecule has 1 atom stereocenters. The Morgan fingerprint density at radius 1 is 0.943 bits per heavy atom. The Balaban J connectivity index is 1.31. The zero-order valence-corrected chi connectivity index (χ0v) is 20.4. The lowest BCUT2D eigenvalue weighted by Gasteiger charge is -2.18. The maximum Gasteiger partial charge on any atom is 0.227 e. The van der Waals surface area contributed by atoms with Crippen LogP contribution in [0.15, 0.2) is 78.9 Å². The molecule has 180 valence electrons. The second-order valence-electron chi connectivity index (χ2n) is 9.30. The van der Waals surface area contributed by atoms with Gasteiger partial charge in [0.05, 0.1) is 17.6 Å². The summed E-state index contributed by atoms with van der Waals surface area (Å²) in [5.41, 5.74) is 4.42. The van der Waals surface area contributed by atoms with Gasteiger partial charge in [-0.05, 0) is 61.2 Å². The number of ether oxygens (including phenoxy) is 1. The van der Waals surface area contributed by atoms with Crippen LogP contribution in [0.25, 0.3) is 11.0 Å². The van der Waals surface area contributed by atoms with Gasteiger partial charge in [0, 0.05) is 31.1 Å². The first-order chi connectivity index (χ1) is 17.2. The van der Waals surface area contributed by atoms with E-state index in [4.69, 9.17) is 9.72 Å². The number of anilines is 1. The van der Waals surface area contributed by atoms with Gasteiger partial charge in [0.15, 0.2) is 0 Å². The van der Waals surface area contributed by atoms with Crippen molar-refractivity contribution in [3.8, 4) is 5.75 Å². The van der Waals surface area contributed by atoms with Gasteiger partial charge in [-0.1, -0.05) is 55.8 Å². The van der Waals surface area contributed by atoms with E-state index in [0.717, 1.165) is 47.7 Å². The number of hydrogen-bond donors (Lipinski definition) is 0. The summed E-state index contributed by atoms with van der Waals surface area (Å²) in [5.74, 6) is 2.13. The molecule has 1 unspecified atom stereocenters. The number of benzene rings is 3. The van der Waals surface area contributed by atoms with Crippen LogP contribution >= 0.6 is 0 Å². The van der Waals surface area contributed by atoms with Gasteiger partial charge in [0.25, 0.3) is 0 Å². The number of carbonyl (C=O) groups excluding carboxylic acids is 1. The maximum atomic E-state index is 13.0. The van der Waals surface area contributed by atoms with Gasteiger partial charge in [-0.15, -0.1) is 0 Å². The van der Waals surface area contributed by atoms with E-state index >= 15 is 0 Å². The highest BCUT2D eigenvalue weighted by Crippen LogP contribution is 2.33. The summed E-state index contributed by atoms with van der Waals surface area (Å²) in [7, 11) is 0. The van der Waals surface area contributed by atoms with Gasteiger partial charge in [-0.25, -0.2) is 4.98 Å². The van der Waals surface area contributed by atoms with Crippen molar-refractivity contribution in [2.24, 2.45) is 0 Å². The summed E-state index contributed by atoms with van der Waals surface area (Å²) >= 11 is 0. The second kappa shape index (κ2) is 10.8. The molecule has 0 bridgehead atoms. The average Bonchev–Trinajstić information content (AvgIpc) is 3.47. The van der Waals surface area contributed by atoms with Crippen LogP contribution in [0.4, 0.5) is 5.69 Å². The number of amides is 1. The molecule has 5 nitrogen and oxygen atoms in total. The number of hydrogen-bond acceptors (Lipinski definition) is 3. The van der Waals surface area contributed by atoms with Gasteiger partial charge in [-0.3, -0.25) is 4.79 Å². The molecule has 5 rings (SSSR count). The van der Waals surface area contributed by atoms with Crippen molar-refractivity contribution < 1.29 is 9.53 Å². The minimum Gasteiger partial charge on any atom is -0.494 e. The van der Waals surface area contributed by atoms with Crippen LogP contribution in [0, 0.1) is 0 Å². The van der Waals surface area contributed by atoms with Crippen molar-refractivity contribution in [1.29, 1.82) is 0 Å². The molecule has 3 aromatic carbocycles. The maximum absolute atomic E-state index is 13.0.